The van der Waals surface area contributed by atoms with E-state index >= 15 is 0 Å². The first kappa shape index (κ1) is 26.3. The summed E-state index contributed by atoms with van der Waals surface area (Å²) in [4.78, 5) is 39.3. The zero-order valence-corrected chi connectivity index (χ0v) is 22.1. The molecule has 0 aromatic heterocycles. The first-order chi connectivity index (χ1) is 17.7. The molecule has 3 aromatic rings. The Labute approximate surface area is 224 Å². The Morgan fingerprint density at radius 1 is 1.05 bits per heavy atom. The largest absolute Gasteiger partial charge is 0.493 e. The van der Waals surface area contributed by atoms with E-state index in [-0.39, 0.29) is 30.2 Å². The van der Waals surface area contributed by atoms with Gasteiger partial charge in [-0.25, -0.2) is 0 Å². The second-order valence-corrected chi connectivity index (χ2v) is 9.87. The van der Waals surface area contributed by atoms with Crippen LogP contribution >= 0.6 is 23.4 Å². The summed E-state index contributed by atoms with van der Waals surface area (Å²) in [6.45, 7) is 3.82. The van der Waals surface area contributed by atoms with Gasteiger partial charge in [0.25, 0.3) is 17.1 Å². The lowest BCUT2D eigenvalue weighted by molar-refractivity contribution is -0.123. The number of hydrogen-bond acceptors (Lipinski definition) is 6. The van der Waals surface area contributed by atoms with E-state index in [1.54, 1.807) is 36.4 Å². The van der Waals surface area contributed by atoms with Gasteiger partial charge in [-0.3, -0.25) is 19.3 Å². The van der Waals surface area contributed by atoms with Crippen LogP contribution in [0.2, 0.25) is 5.02 Å². The molecular weight excluding hydrogens is 512 g/mol. The summed E-state index contributed by atoms with van der Waals surface area (Å²) in [5, 5.41) is 2.98. The second kappa shape index (κ2) is 11.5. The maximum absolute atomic E-state index is 12.9. The highest BCUT2D eigenvalue weighted by atomic mass is 35.5. The summed E-state index contributed by atoms with van der Waals surface area (Å²) in [6, 6.07) is 18.0. The molecule has 37 heavy (non-hydrogen) atoms. The van der Waals surface area contributed by atoms with Crippen LogP contribution in [0, 0.1) is 13.8 Å². The van der Waals surface area contributed by atoms with Gasteiger partial charge in [0.1, 0.15) is 0 Å². The smallest absolute Gasteiger partial charge is 0.293 e. The maximum Gasteiger partial charge on any atom is 0.293 e. The number of halogens is 1. The fourth-order valence-electron chi connectivity index (χ4n) is 3.68. The van der Waals surface area contributed by atoms with Gasteiger partial charge >= 0.3 is 0 Å². The number of anilines is 1. The maximum atomic E-state index is 12.9. The molecule has 0 aliphatic carbocycles. The summed E-state index contributed by atoms with van der Waals surface area (Å²) < 4.78 is 11.1. The van der Waals surface area contributed by atoms with E-state index < -0.39 is 0 Å². The zero-order chi connectivity index (χ0) is 26.5. The van der Waals surface area contributed by atoms with Crippen molar-refractivity contribution in [3.63, 3.8) is 0 Å². The van der Waals surface area contributed by atoms with Gasteiger partial charge in [0, 0.05) is 10.7 Å². The van der Waals surface area contributed by atoms with Crippen molar-refractivity contribution in [2.45, 2.75) is 20.4 Å². The van der Waals surface area contributed by atoms with Gasteiger partial charge in [0.15, 0.2) is 18.1 Å². The number of carbonyl (C=O) groups is 3. The van der Waals surface area contributed by atoms with Crippen LogP contribution in [-0.4, -0.2) is 35.7 Å². The van der Waals surface area contributed by atoms with Crippen LogP contribution in [0.4, 0.5) is 10.5 Å². The molecule has 1 saturated heterocycles. The fourth-order valence-corrected chi connectivity index (χ4v) is 4.70. The molecule has 0 saturated carbocycles. The highest BCUT2D eigenvalue weighted by Crippen LogP contribution is 2.35. The van der Waals surface area contributed by atoms with Crippen molar-refractivity contribution in [3.8, 4) is 11.5 Å². The number of nitrogens with one attached hydrogen (secondary N) is 1. The molecule has 0 unspecified atom stereocenters. The minimum Gasteiger partial charge on any atom is -0.493 e. The molecule has 1 aliphatic heterocycles. The Hall–Kier alpha value is -3.75. The number of rotatable bonds is 8. The number of benzene rings is 3. The standard InChI is InChI=1S/C28H25ClN2O5S/c1-17-5-4-6-20(11-17)15-31-27(33)25(37-28(31)34)13-19-8-10-23(24(12-19)35-3)36-16-26(32)30-21-9-7-18(2)22(29)14-21/h4-14H,15-16H2,1-3H3,(H,30,32)/b25-13-. The molecule has 3 aromatic carbocycles. The van der Waals surface area contributed by atoms with Crippen molar-refractivity contribution >= 4 is 52.2 Å². The van der Waals surface area contributed by atoms with Crippen LogP contribution in [-0.2, 0) is 16.1 Å². The van der Waals surface area contributed by atoms with E-state index in [0.717, 1.165) is 28.5 Å². The van der Waals surface area contributed by atoms with Crippen molar-refractivity contribution < 1.29 is 23.9 Å². The molecule has 0 bridgehead atoms. The zero-order valence-electron chi connectivity index (χ0n) is 20.5. The molecule has 190 valence electrons. The van der Waals surface area contributed by atoms with E-state index in [9.17, 15) is 14.4 Å². The Bertz CT molecular complexity index is 1410. The summed E-state index contributed by atoms with van der Waals surface area (Å²) in [7, 11) is 1.48. The number of aryl methyl sites for hydroxylation is 2. The van der Waals surface area contributed by atoms with E-state index in [1.165, 1.54) is 12.0 Å². The van der Waals surface area contributed by atoms with Crippen molar-refractivity contribution in [1.82, 2.24) is 4.90 Å². The minimum absolute atomic E-state index is 0.219. The summed E-state index contributed by atoms with van der Waals surface area (Å²) in [5.41, 5.74) is 4.09. The topological polar surface area (TPSA) is 84.9 Å². The Kier molecular flexibility index (Phi) is 8.21. The molecule has 0 spiro atoms. The molecule has 1 N–H and O–H groups in total. The number of thioether (sulfide) groups is 1. The molecule has 7 nitrogen and oxygen atoms in total. The van der Waals surface area contributed by atoms with Gasteiger partial charge in [-0.05, 0) is 72.6 Å². The van der Waals surface area contributed by atoms with Gasteiger partial charge in [-0.2, -0.15) is 0 Å². The number of carbonyl (C=O) groups excluding carboxylic acids is 3. The minimum atomic E-state index is -0.353. The molecule has 0 radical (unpaired) electrons. The Balaban J connectivity index is 1.41. The lowest BCUT2D eigenvalue weighted by Gasteiger charge is -2.13. The predicted octanol–water partition coefficient (Wildman–Crippen LogP) is 6.22. The van der Waals surface area contributed by atoms with E-state index in [2.05, 4.69) is 5.32 Å². The number of imide groups is 1. The monoisotopic (exact) mass is 536 g/mol. The van der Waals surface area contributed by atoms with Crippen LogP contribution in [0.5, 0.6) is 11.5 Å². The highest BCUT2D eigenvalue weighted by Gasteiger charge is 2.35. The lowest BCUT2D eigenvalue weighted by atomic mass is 10.1. The molecule has 1 heterocycles. The van der Waals surface area contributed by atoms with Crippen LogP contribution in [0.25, 0.3) is 6.08 Å². The van der Waals surface area contributed by atoms with Crippen molar-refractivity contribution in [2.24, 2.45) is 0 Å². The quantitative estimate of drug-likeness (QED) is 0.344. The SMILES string of the molecule is COc1cc(/C=C2\SC(=O)N(Cc3cccc(C)c3)C2=O)ccc1OCC(=O)Nc1ccc(C)c(Cl)c1. The van der Waals surface area contributed by atoms with Crippen molar-refractivity contribution in [3.05, 3.63) is 92.8 Å². The molecule has 1 fully saturated rings. The van der Waals surface area contributed by atoms with E-state index in [0.29, 0.717) is 32.7 Å². The normalized spacial score (nSPS) is 14.3. The average Bonchev–Trinajstić information content (AvgIpc) is 3.12. The first-order valence-corrected chi connectivity index (χ1v) is 12.6. The number of ether oxygens (including phenoxy) is 2. The molecule has 9 heteroatoms. The van der Waals surface area contributed by atoms with Crippen LogP contribution in [0.3, 0.4) is 0 Å². The highest BCUT2D eigenvalue weighted by molar-refractivity contribution is 8.18. The number of nitrogens with zero attached hydrogens (tertiary/aromatic N) is 1. The molecule has 0 atom stereocenters. The van der Waals surface area contributed by atoms with Gasteiger partial charge < -0.3 is 14.8 Å². The summed E-state index contributed by atoms with van der Waals surface area (Å²) in [6.07, 6.45) is 1.64. The fraction of sp³-hybridized carbons (Fsp3) is 0.179. The number of methoxy groups -OCH3 is 1. The second-order valence-electron chi connectivity index (χ2n) is 8.47. The van der Waals surface area contributed by atoms with Gasteiger partial charge in [0.2, 0.25) is 0 Å². The van der Waals surface area contributed by atoms with Gasteiger partial charge in [-0.1, -0.05) is 53.6 Å². The Morgan fingerprint density at radius 2 is 1.86 bits per heavy atom. The molecule has 4 rings (SSSR count). The molecule has 3 amide bonds. The third-order valence-corrected chi connectivity index (χ3v) is 6.91. The molecular formula is C28H25ClN2O5S. The lowest BCUT2D eigenvalue weighted by Crippen LogP contribution is -2.27. The predicted molar refractivity (Wildman–Crippen MR) is 146 cm³/mol. The third kappa shape index (κ3) is 6.53. The average molecular weight is 537 g/mol. The van der Waals surface area contributed by atoms with Crippen LogP contribution in [0.1, 0.15) is 22.3 Å². The first-order valence-electron chi connectivity index (χ1n) is 11.4. The van der Waals surface area contributed by atoms with Crippen LogP contribution in [0.15, 0.2) is 65.6 Å². The van der Waals surface area contributed by atoms with Gasteiger partial charge in [0.05, 0.1) is 18.6 Å². The van der Waals surface area contributed by atoms with E-state index in [4.69, 9.17) is 21.1 Å². The summed E-state index contributed by atoms with van der Waals surface area (Å²) >= 11 is 7.00. The summed E-state index contributed by atoms with van der Waals surface area (Å²) in [5.74, 6) is 0.0558. The van der Waals surface area contributed by atoms with Gasteiger partial charge in [-0.15, -0.1) is 0 Å². The van der Waals surface area contributed by atoms with Crippen molar-refractivity contribution in [2.75, 3.05) is 19.0 Å². The third-order valence-electron chi connectivity index (χ3n) is 5.60. The van der Waals surface area contributed by atoms with Crippen molar-refractivity contribution in [1.29, 1.82) is 0 Å². The van der Waals surface area contributed by atoms with Crippen LogP contribution < -0.4 is 14.8 Å². The number of amides is 3. The molecule has 1 aliphatic rings. The number of hydrogen-bond donors (Lipinski definition) is 1. The Morgan fingerprint density at radius 3 is 2.59 bits per heavy atom. The van der Waals surface area contributed by atoms with E-state index in [1.807, 2.05) is 44.2 Å².